The van der Waals surface area contributed by atoms with Crippen molar-refractivity contribution in [2.45, 2.75) is 51.1 Å². The number of carbonyl (C=O) groups is 1. The van der Waals surface area contributed by atoms with Crippen molar-refractivity contribution in [2.24, 2.45) is 5.10 Å². The van der Waals surface area contributed by atoms with Crippen molar-refractivity contribution < 1.29 is 4.79 Å². The normalized spacial score (nSPS) is 15.0. The van der Waals surface area contributed by atoms with Gasteiger partial charge in [0.1, 0.15) is 0 Å². The van der Waals surface area contributed by atoms with Gasteiger partial charge >= 0.3 is 0 Å². The van der Waals surface area contributed by atoms with E-state index in [1.165, 1.54) is 31.0 Å². The Bertz CT molecular complexity index is 488. The van der Waals surface area contributed by atoms with E-state index in [1.807, 2.05) is 19.9 Å². The van der Waals surface area contributed by atoms with Gasteiger partial charge in [0.05, 0.1) is 5.75 Å². The Kier molecular flexibility index (Phi) is 5.52. The molecule has 1 aliphatic carbocycles. The monoisotopic (exact) mass is 292 g/mol. The molecular formula is C14H20N4OS. The van der Waals surface area contributed by atoms with Crippen molar-refractivity contribution in [1.82, 2.24) is 15.4 Å². The van der Waals surface area contributed by atoms with E-state index in [4.69, 9.17) is 0 Å². The van der Waals surface area contributed by atoms with E-state index >= 15 is 0 Å². The minimum Gasteiger partial charge on any atom is -0.272 e. The average Bonchev–Trinajstić information content (AvgIpc) is 2.43. The highest BCUT2D eigenvalue weighted by molar-refractivity contribution is 7.99. The predicted octanol–water partition coefficient (Wildman–Crippen LogP) is 2.62. The minimum atomic E-state index is -0.101. The first-order valence-electron chi connectivity index (χ1n) is 6.93. The van der Waals surface area contributed by atoms with Gasteiger partial charge in [0.15, 0.2) is 5.16 Å². The molecule has 20 heavy (non-hydrogen) atoms. The van der Waals surface area contributed by atoms with Crippen LogP contribution in [0.15, 0.2) is 16.3 Å². The highest BCUT2D eigenvalue weighted by atomic mass is 32.2. The minimum absolute atomic E-state index is 0.101. The SMILES string of the molecule is Cc1cc(C)nc(SCC(=O)NN=C2CCCCC2)n1. The standard InChI is InChI=1S/C14H20N4OS/c1-10-8-11(2)16-14(15-10)20-9-13(19)18-17-12-6-4-3-5-7-12/h8H,3-7,9H2,1-2H3,(H,18,19). The average molecular weight is 292 g/mol. The number of thioether (sulfide) groups is 1. The number of hydrazone groups is 1. The molecule has 1 heterocycles. The third-order valence-electron chi connectivity index (χ3n) is 3.06. The molecule has 1 N–H and O–H groups in total. The van der Waals surface area contributed by atoms with Crippen LogP contribution in [-0.4, -0.2) is 27.3 Å². The number of nitrogens with one attached hydrogen (secondary N) is 1. The van der Waals surface area contributed by atoms with Gasteiger partial charge in [0.2, 0.25) is 0 Å². The molecule has 1 amide bonds. The molecule has 2 rings (SSSR count). The number of hydrogen-bond donors (Lipinski definition) is 1. The summed E-state index contributed by atoms with van der Waals surface area (Å²) in [5.74, 6) is 0.190. The van der Waals surface area contributed by atoms with Crippen LogP contribution in [0.3, 0.4) is 0 Å². The van der Waals surface area contributed by atoms with Gasteiger partial charge in [-0.1, -0.05) is 18.2 Å². The molecule has 108 valence electrons. The Labute approximate surface area is 123 Å². The maximum atomic E-state index is 11.7. The lowest BCUT2D eigenvalue weighted by molar-refractivity contribution is -0.118. The van der Waals surface area contributed by atoms with Crippen LogP contribution >= 0.6 is 11.8 Å². The topological polar surface area (TPSA) is 67.2 Å². The summed E-state index contributed by atoms with van der Waals surface area (Å²) in [4.78, 5) is 20.3. The Morgan fingerprint density at radius 1 is 1.25 bits per heavy atom. The van der Waals surface area contributed by atoms with Gasteiger partial charge in [0, 0.05) is 17.1 Å². The van der Waals surface area contributed by atoms with E-state index in [0.717, 1.165) is 29.9 Å². The molecule has 6 heteroatoms. The fourth-order valence-electron chi connectivity index (χ4n) is 2.13. The van der Waals surface area contributed by atoms with Crippen molar-refractivity contribution in [3.8, 4) is 0 Å². The molecule has 0 aliphatic heterocycles. The molecule has 0 unspecified atom stereocenters. The molecule has 0 spiro atoms. The number of carbonyl (C=O) groups excluding carboxylic acids is 1. The molecular weight excluding hydrogens is 272 g/mol. The van der Waals surface area contributed by atoms with Gasteiger partial charge in [-0.15, -0.1) is 0 Å². The van der Waals surface area contributed by atoms with E-state index < -0.39 is 0 Å². The van der Waals surface area contributed by atoms with E-state index in [-0.39, 0.29) is 5.91 Å². The van der Waals surface area contributed by atoms with E-state index in [2.05, 4.69) is 20.5 Å². The van der Waals surface area contributed by atoms with Gasteiger partial charge in [0.25, 0.3) is 5.91 Å². The van der Waals surface area contributed by atoms with Crippen molar-refractivity contribution in [1.29, 1.82) is 0 Å². The van der Waals surface area contributed by atoms with E-state index in [1.54, 1.807) is 0 Å². The van der Waals surface area contributed by atoms with Gasteiger partial charge in [-0.25, -0.2) is 15.4 Å². The van der Waals surface area contributed by atoms with Crippen LogP contribution in [0.4, 0.5) is 0 Å². The molecule has 0 radical (unpaired) electrons. The van der Waals surface area contributed by atoms with Gasteiger partial charge in [-0.2, -0.15) is 5.10 Å². The summed E-state index contributed by atoms with van der Waals surface area (Å²) in [5.41, 5.74) is 5.57. The molecule has 0 aromatic carbocycles. The number of aryl methyl sites for hydroxylation is 2. The Hall–Kier alpha value is -1.43. The molecule has 1 saturated carbocycles. The zero-order chi connectivity index (χ0) is 14.4. The number of hydrogen-bond acceptors (Lipinski definition) is 5. The highest BCUT2D eigenvalue weighted by Gasteiger charge is 2.08. The fourth-order valence-corrected chi connectivity index (χ4v) is 2.88. The summed E-state index contributed by atoms with van der Waals surface area (Å²) in [5, 5.41) is 4.84. The van der Waals surface area contributed by atoms with Crippen molar-refractivity contribution in [3.63, 3.8) is 0 Å². The Morgan fingerprint density at radius 2 is 1.90 bits per heavy atom. The zero-order valence-corrected chi connectivity index (χ0v) is 12.8. The second-order valence-electron chi connectivity index (χ2n) is 5.00. The number of rotatable bonds is 4. The number of nitrogens with zero attached hydrogens (tertiary/aromatic N) is 3. The largest absolute Gasteiger partial charge is 0.272 e. The van der Waals surface area contributed by atoms with Crippen LogP contribution in [0.5, 0.6) is 0 Å². The van der Waals surface area contributed by atoms with Crippen LogP contribution in [0.25, 0.3) is 0 Å². The Morgan fingerprint density at radius 3 is 2.55 bits per heavy atom. The smallest absolute Gasteiger partial charge is 0.250 e. The second kappa shape index (κ2) is 7.38. The van der Waals surface area contributed by atoms with E-state index in [9.17, 15) is 4.79 Å². The third kappa shape index (κ3) is 4.92. The molecule has 0 atom stereocenters. The number of amides is 1. The second-order valence-corrected chi connectivity index (χ2v) is 5.94. The van der Waals surface area contributed by atoms with Crippen LogP contribution in [0.2, 0.25) is 0 Å². The van der Waals surface area contributed by atoms with Crippen LogP contribution in [-0.2, 0) is 4.79 Å². The maximum absolute atomic E-state index is 11.7. The molecule has 5 nitrogen and oxygen atoms in total. The summed E-state index contributed by atoms with van der Waals surface area (Å²) >= 11 is 1.34. The first-order chi connectivity index (χ1) is 9.63. The summed E-state index contributed by atoms with van der Waals surface area (Å²) in [6.07, 6.45) is 5.65. The lowest BCUT2D eigenvalue weighted by Gasteiger charge is -2.11. The summed E-state index contributed by atoms with van der Waals surface area (Å²) in [6, 6.07) is 1.92. The molecule has 1 aliphatic rings. The first-order valence-corrected chi connectivity index (χ1v) is 7.91. The third-order valence-corrected chi connectivity index (χ3v) is 3.91. The fraction of sp³-hybridized carbons (Fsp3) is 0.571. The summed E-state index contributed by atoms with van der Waals surface area (Å²) in [7, 11) is 0. The first kappa shape index (κ1) is 15.0. The molecule has 1 aromatic heterocycles. The lowest BCUT2D eigenvalue weighted by atomic mass is 9.99. The molecule has 1 fully saturated rings. The van der Waals surface area contributed by atoms with Crippen molar-refractivity contribution >= 4 is 23.4 Å². The molecule has 0 bridgehead atoms. The van der Waals surface area contributed by atoms with Crippen molar-refractivity contribution in [3.05, 3.63) is 17.5 Å². The van der Waals surface area contributed by atoms with Crippen LogP contribution < -0.4 is 5.43 Å². The van der Waals surface area contributed by atoms with Gasteiger partial charge < -0.3 is 0 Å². The Balaban J connectivity index is 1.79. The van der Waals surface area contributed by atoms with Gasteiger partial charge in [-0.05, 0) is 45.6 Å². The summed E-state index contributed by atoms with van der Waals surface area (Å²) in [6.45, 7) is 3.85. The zero-order valence-electron chi connectivity index (χ0n) is 12.0. The van der Waals surface area contributed by atoms with Gasteiger partial charge in [-0.3, -0.25) is 4.79 Å². The molecule has 0 saturated heterocycles. The highest BCUT2D eigenvalue weighted by Crippen LogP contribution is 2.15. The summed E-state index contributed by atoms with van der Waals surface area (Å²) < 4.78 is 0. The van der Waals surface area contributed by atoms with Crippen LogP contribution in [0, 0.1) is 13.8 Å². The number of aromatic nitrogens is 2. The maximum Gasteiger partial charge on any atom is 0.250 e. The van der Waals surface area contributed by atoms with Crippen LogP contribution in [0.1, 0.15) is 43.5 Å². The van der Waals surface area contributed by atoms with E-state index in [0.29, 0.717) is 10.9 Å². The quantitative estimate of drug-likeness (QED) is 0.526. The predicted molar refractivity (Wildman–Crippen MR) is 80.9 cm³/mol. The molecule has 1 aromatic rings. The van der Waals surface area contributed by atoms with Crippen molar-refractivity contribution in [2.75, 3.05) is 5.75 Å². The lowest BCUT2D eigenvalue weighted by Crippen LogP contribution is -2.22.